The first kappa shape index (κ1) is 14.9. The van der Waals surface area contributed by atoms with Crippen LogP contribution < -0.4 is 10.6 Å². The van der Waals surface area contributed by atoms with Gasteiger partial charge in [0.2, 0.25) is 5.95 Å². The van der Waals surface area contributed by atoms with Crippen LogP contribution >= 0.6 is 0 Å². The van der Waals surface area contributed by atoms with Crippen LogP contribution in [0.3, 0.4) is 0 Å². The average molecular weight is 297 g/mol. The van der Waals surface area contributed by atoms with Crippen molar-refractivity contribution in [2.24, 2.45) is 5.73 Å². The molecule has 1 aromatic heterocycles. The molecule has 3 rings (SSSR count). The van der Waals surface area contributed by atoms with Crippen LogP contribution in [0.15, 0.2) is 36.4 Å². The molecular weight excluding hydrogens is 274 g/mol. The lowest BCUT2D eigenvalue weighted by Crippen LogP contribution is -2.46. The fraction of sp³-hybridized carbons (Fsp3) is 0.412. The van der Waals surface area contributed by atoms with E-state index in [1.165, 1.54) is 0 Å². The van der Waals surface area contributed by atoms with Crippen molar-refractivity contribution in [1.29, 1.82) is 0 Å². The van der Waals surface area contributed by atoms with Crippen LogP contribution in [-0.4, -0.2) is 47.6 Å². The van der Waals surface area contributed by atoms with Gasteiger partial charge in [-0.2, -0.15) is 0 Å². The van der Waals surface area contributed by atoms with Gasteiger partial charge in [-0.05, 0) is 12.6 Å². The number of nitrogens with two attached hydrogens (primary N) is 1. The molecule has 116 valence electrons. The standard InChI is InChI=1S/C17H23N5/c1-2-21-8-10-22(11-9-21)17-19-15(13-18)12-16(20-17)14-6-4-3-5-7-14/h3-7,12H,2,8-11,13,18H2,1H3. The Bertz CT molecular complexity index is 606. The van der Waals surface area contributed by atoms with Crippen LogP contribution in [0, 0.1) is 0 Å². The topological polar surface area (TPSA) is 58.3 Å². The summed E-state index contributed by atoms with van der Waals surface area (Å²) >= 11 is 0. The highest BCUT2D eigenvalue weighted by atomic mass is 15.3. The van der Waals surface area contributed by atoms with Crippen molar-refractivity contribution in [3.8, 4) is 11.3 Å². The van der Waals surface area contributed by atoms with E-state index in [1.807, 2.05) is 24.3 Å². The monoisotopic (exact) mass is 297 g/mol. The molecule has 0 saturated carbocycles. The van der Waals surface area contributed by atoms with Gasteiger partial charge in [-0.15, -0.1) is 0 Å². The van der Waals surface area contributed by atoms with Gasteiger partial charge in [-0.3, -0.25) is 0 Å². The summed E-state index contributed by atoms with van der Waals surface area (Å²) in [6, 6.07) is 12.2. The smallest absolute Gasteiger partial charge is 0.226 e. The zero-order valence-electron chi connectivity index (χ0n) is 13.1. The summed E-state index contributed by atoms with van der Waals surface area (Å²) in [5, 5.41) is 0. The van der Waals surface area contributed by atoms with Crippen LogP contribution in [0.25, 0.3) is 11.3 Å². The van der Waals surface area contributed by atoms with Crippen molar-refractivity contribution in [2.45, 2.75) is 13.5 Å². The normalized spacial score (nSPS) is 16.0. The fourth-order valence-electron chi connectivity index (χ4n) is 2.75. The van der Waals surface area contributed by atoms with E-state index in [-0.39, 0.29) is 0 Å². The molecule has 0 radical (unpaired) electrons. The Balaban J connectivity index is 1.88. The average Bonchev–Trinajstić information content (AvgIpc) is 2.62. The molecule has 0 unspecified atom stereocenters. The van der Waals surface area contributed by atoms with Gasteiger partial charge in [0.15, 0.2) is 0 Å². The molecule has 5 nitrogen and oxygen atoms in total. The number of hydrogen-bond acceptors (Lipinski definition) is 5. The minimum atomic E-state index is 0.435. The molecule has 2 N–H and O–H groups in total. The summed E-state index contributed by atoms with van der Waals surface area (Å²) in [5.41, 5.74) is 8.77. The van der Waals surface area contributed by atoms with E-state index in [0.717, 1.165) is 55.6 Å². The highest BCUT2D eigenvalue weighted by molar-refractivity contribution is 5.61. The van der Waals surface area contributed by atoms with Gasteiger partial charge < -0.3 is 15.5 Å². The summed E-state index contributed by atoms with van der Waals surface area (Å²) in [4.78, 5) is 14.1. The Morgan fingerprint density at radius 2 is 1.77 bits per heavy atom. The minimum Gasteiger partial charge on any atom is -0.338 e. The predicted molar refractivity (Wildman–Crippen MR) is 89.7 cm³/mol. The van der Waals surface area contributed by atoms with Gasteiger partial charge in [0.05, 0.1) is 11.4 Å². The summed E-state index contributed by atoms with van der Waals surface area (Å²) in [6.07, 6.45) is 0. The lowest BCUT2D eigenvalue weighted by Gasteiger charge is -2.34. The molecule has 0 amide bonds. The molecule has 1 aromatic carbocycles. The first-order valence-electron chi connectivity index (χ1n) is 7.91. The maximum atomic E-state index is 5.82. The number of piperazine rings is 1. The molecule has 0 atom stereocenters. The van der Waals surface area contributed by atoms with Crippen LogP contribution in [0.1, 0.15) is 12.6 Å². The van der Waals surface area contributed by atoms with E-state index in [1.54, 1.807) is 0 Å². The quantitative estimate of drug-likeness (QED) is 0.931. The van der Waals surface area contributed by atoms with Gasteiger partial charge in [0.1, 0.15) is 0 Å². The number of nitrogens with zero attached hydrogens (tertiary/aromatic N) is 4. The molecule has 1 saturated heterocycles. The van der Waals surface area contributed by atoms with Crippen LogP contribution in [-0.2, 0) is 6.54 Å². The second kappa shape index (κ2) is 6.85. The Morgan fingerprint density at radius 1 is 1.05 bits per heavy atom. The van der Waals surface area contributed by atoms with Gasteiger partial charge in [-0.25, -0.2) is 9.97 Å². The summed E-state index contributed by atoms with van der Waals surface area (Å²) in [6.45, 7) is 7.80. The van der Waals surface area contributed by atoms with Crippen molar-refractivity contribution in [3.63, 3.8) is 0 Å². The number of anilines is 1. The van der Waals surface area contributed by atoms with Gasteiger partial charge in [-0.1, -0.05) is 37.3 Å². The maximum Gasteiger partial charge on any atom is 0.226 e. The third kappa shape index (κ3) is 3.26. The van der Waals surface area contributed by atoms with Gasteiger partial charge >= 0.3 is 0 Å². The highest BCUT2D eigenvalue weighted by Gasteiger charge is 2.19. The lowest BCUT2D eigenvalue weighted by molar-refractivity contribution is 0.270. The van der Waals surface area contributed by atoms with E-state index >= 15 is 0 Å². The molecule has 0 bridgehead atoms. The Kier molecular flexibility index (Phi) is 4.65. The number of hydrogen-bond donors (Lipinski definition) is 1. The van der Waals surface area contributed by atoms with E-state index in [0.29, 0.717) is 6.54 Å². The Morgan fingerprint density at radius 3 is 2.41 bits per heavy atom. The third-order valence-corrected chi connectivity index (χ3v) is 4.15. The highest BCUT2D eigenvalue weighted by Crippen LogP contribution is 2.21. The number of likely N-dealkylation sites (N-methyl/N-ethyl adjacent to an activating group) is 1. The van der Waals surface area contributed by atoms with Gasteiger partial charge in [0, 0.05) is 38.3 Å². The first-order chi connectivity index (χ1) is 10.8. The molecule has 1 fully saturated rings. The summed E-state index contributed by atoms with van der Waals surface area (Å²) < 4.78 is 0. The molecule has 2 aromatic rings. The van der Waals surface area contributed by atoms with Crippen molar-refractivity contribution < 1.29 is 0 Å². The molecule has 2 heterocycles. The zero-order chi connectivity index (χ0) is 15.4. The third-order valence-electron chi connectivity index (χ3n) is 4.15. The summed E-state index contributed by atoms with van der Waals surface area (Å²) in [7, 11) is 0. The SMILES string of the molecule is CCN1CCN(c2nc(CN)cc(-c3ccccc3)n2)CC1. The molecule has 5 heteroatoms. The number of benzene rings is 1. The van der Waals surface area contributed by atoms with E-state index in [9.17, 15) is 0 Å². The zero-order valence-corrected chi connectivity index (χ0v) is 13.1. The van der Waals surface area contributed by atoms with Crippen molar-refractivity contribution >= 4 is 5.95 Å². The van der Waals surface area contributed by atoms with Crippen molar-refractivity contribution in [3.05, 3.63) is 42.1 Å². The van der Waals surface area contributed by atoms with Crippen molar-refractivity contribution in [2.75, 3.05) is 37.6 Å². The van der Waals surface area contributed by atoms with Crippen molar-refractivity contribution in [1.82, 2.24) is 14.9 Å². The molecule has 22 heavy (non-hydrogen) atoms. The van der Waals surface area contributed by atoms with E-state index in [4.69, 9.17) is 10.7 Å². The second-order valence-corrected chi connectivity index (χ2v) is 5.54. The lowest BCUT2D eigenvalue weighted by atomic mass is 10.1. The molecule has 0 spiro atoms. The fourth-order valence-corrected chi connectivity index (χ4v) is 2.75. The Hall–Kier alpha value is -1.98. The first-order valence-corrected chi connectivity index (χ1v) is 7.91. The number of aromatic nitrogens is 2. The molecular formula is C17H23N5. The molecule has 1 aliphatic heterocycles. The van der Waals surface area contributed by atoms with Crippen LogP contribution in [0.5, 0.6) is 0 Å². The predicted octanol–water partition coefficient (Wildman–Crippen LogP) is 1.74. The molecule has 0 aliphatic carbocycles. The largest absolute Gasteiger partial charge is 0.338 e. The molecule has 1 aliphatic rings. The van der Waals surface area contributed by atoms with E-state index in [2.05, 4.69) is 33.8 Å². The second-order valence-electron chi connectivity index (χ2n) is 5.54. The van der Waals surface area contributed by atoms with Gasteiger partial charge in [0.25, 0.3) is 0 Å². The Labute approximate surface area is 131 Å². The van der Waals surface area contributed by atoms with E-state index < -0.39 is 0 Å². The number of rotatable bonds is 4. The summed E-state index contributed by atoms with van der Waals surface area (Å²) in [5.74, 6) is 0.803. The minimum absolute atomic E-state index is 0.435. The maximum absolute atomic E-state index is 5.82. The van der Waals surface area contributed by atoms with Crippen LogP contribution in [0.2, 0.25) is 0 Å². The van der Waals surface area contributed by atoms with Crippen LogP contribution in [0.4, 0.5) is 5.95 Å².